The van der Waals surface area contributed by atoms with Crippen molar-refractivity contribution in [3.8, 4) is 5.75 Å². The van der Waals surface area contributed by atoms with Gasteiger partial charge in [0.05, 0.1) is 4.92 Å². The van der Waals surface area contributed by atoms with Gasteiger partial charge in [-0.3, -0.25) is 10.1 Å². The van der Waals surface area contributed by atoms with E-state index in [0.29, 0.717) is 10.6 Å². The average Bonchev–Trinajstić information content (AvgIpc) is 2.45. The molecule has 0 atom stereocenters. The summed E-state index contributed by atoms with van der Waals surface area (Å²) in [6.45, 7) is 0.457. The molecule has 0 amide bonds. The van der Waals surface area contributed by atoms with E-state index in [1.54, 1.807) is 30.3 Å². The average molecular weight is 293 g/mol. The van der Waals surface area contributed by atoms with E-state index >= 15 is 0 Å². The van der Waals surface area contributed by atoms with Gasteiger partial charge in [0, 0.05) is 17.6 Å². The van der Waals surface area contributed by atoms with E-state index < -0.39 is 4.92 Å². The summed E-state index contributed by atoms with van der Waals surface area (Å²) in [6.07, 6.45) is 0. The number of nitrogens with zero attached hydrogens (tertiary/aromatic N) is 1. The number of hydrogen-bond donors (Lipinski definition) is 1. The second kappa shape index (κ2) is 6.36. The summed E-state index contributed by atoms with van der Waals surface area (Å²) >= 11 is 5.87. The Hall–Kier alpha value is -2.11. The van der Waals surface area contributed by atoms with Gasteiger partial charge in [0.25, 0.3) is 0 Å². The lowest BCUT2D eigenvalue weighted by atomic mass is 10.2. The van der Waals surface area contributed by atoms with E-state index in [9.17, 15) is 10.1 Å². The summed E-state index contributed by atoms with van der Waals surface area (Å²) in [7, 11) is 0. The van der Waals surface area contributed by atoms with Crippen molar-refractivity contribution in [2.24, 2.45) is 5.73 Å². The molecule has 0 aromatic heterocycles. The smallest absolute Gasteiger partial charge is 0.311 e. The summed E-state index contributed by atoms with van der Waals surface area (Å²) < 4.78 is 5.50. The third-order valence-electron chi connectivity index (χ3n) is 2.74. The molecule has 0 saturated carbocycles. The highest BCUT2D eigenvalue weighted by Gasteiger charge is 2.15. The van der Waals surface area contributed by atoms with Gasteiger partial charge in [0.2, 0.25) is 0 Å². The van der Waals surface area contributed by atoms with Crippen molar-refractivity contribution < 1.29 is 9.66 Å². The van der Waals surface area contributed by atoms with Gasteiger partial charge in [-0.25, -0.2) is 0 Å². The van der Waals surface area contributed by atoms with E-state index in [1.807, 2.05) is 6.07 Å². The Morgan fingerprint density at radius 2 is 2.00 bits per heavy atom. The molecule has 0 aliphatic heterocycles. The zero-order chi connectivity index (χ0) is 14.5. The fraction of sp³-hybridized carbons (Fsp3) is 0.143. The number of rotatable bonds is 5. The van der Waals surface area contributed by atoms with Crippen LogP contribution in [0, 0.1) is 10.1 Å². The number of benzene rings is 2. The van der Waals surface area contributed by atoms with Gasteiger partial charge in [-0.05, 0) is 29.3 Å². The van der Waals surface area contributed by atoms with Crippen LogP contribution in [0.25, 0.3) is 0 Å². The SMILES string of the molecule is NCc1ccc(OCc2cccc(Cl)c2)c([N+](=O)[O-])c1. The lowest BCUT2D eigenvalue weighted by Gasteiger charge is -2.08. The first-order valence-electron chi connectivity index (χ1n) is 5.95. The summed E-state index contributed by atoms with van der Waals surface area (Å²) in [5, 5.41) is 11.6. The fourth-order valence-corrected chi connectivity index (χ4v) is 1.96. The fourth-order valence-electron chi connectivity index (χ4n) is 1.74. The summed E-state index contributed by atoms with van der Waals surface area (Å²) in [6, 6.07) is 11.8. The van der Waals surface area contributed by atoms with E-state index in [4.69, 9.17) is 22.1 Å². The number of nitro benzene ring substituents is 1. The van der Waals surface area contributed by atoms with Crippen LogP contribution in [0.5, 0.6) is 5.75 Å². The number of nitro groups is 1. The molecule has 20 heavy (non-hydrogen) atoms. The lowest BCUT2D eigenvalue weighted by Crippen LogP contribution is -2.02. The molecule has 0 unspecified atom stereocenters. The Kier molecular flexibility index (Phi) is 4.55. The van der Waals surface area contributed by atoms with Crippen molar-refractivity contribution in [1.82, 2.24) is 0 Å². The molecule has 0 radical (unpaired) electrons. The van der Waals surface area contributed by atoms with Crippen molar-refractivity contribution in [2.75, 3.05) is 0 Å². The molecule has 6 heteroatoms. The van der Waals surface area contributed by atoms with Gasteiger partial charge in [-0.1, -0.05) is 29.8 Å². The second-order valence-electron chi connectivity index (χ2n) is 4.18. The molecule has 5 nitrogen and oxygen atoms in total. The largest absolute Gasteiger partial charge is 0.482 e. The molecule has 2 aromatic rings. The molecule has 0 fully saturated rings. The van der Waals surface area contributed by atoms with E-state index in [0.717, 1.165) is 5.56 Å². The highest BCUT2D eigenvalue weighted by molar-refractivity contribution is 6.30. The van der Waals surface area contributed by atoms with E-state index in [1.165, 1.54) is 6.07 Å². The Labute approximate surface area is 121 Å². The monoisotopic (exact) mass is 292 g/mol. The molecule has 104 valence electrons. The van der Waals surface area contributed by atoms with Crippen LogP contribution in [-0.2, 0) is 13.2 Å². The predicted octanol–water partition coefficient (Wildman–Crippen LogP) is 3.29. The number of nitrogens with two attached hydrogens (primary N) is 1. The predicted molar refractivity (Wildman–Crippen MR) is 76.8 cm³/mol. The van der Waals surface area contributed by atoms with E-state index in [2.05, 4.69) is 0 Å². The van der Waals surface area contributed by atoms with Crippen molar-refractivity contribution >= 4 is 17.3 Å². The minimum atomic E-state index is -0.480. The molecule has 0 aliphatic carbocycles. The number of ether oxygens (including phenoxy) is 1. The maximum atomic E-state index is 11.0. The van der Waals surface area contributed by atoms with Crippen molar-refractivity contribution in [3.05, 3.63) is 68.7 Å². The highest BCUT2D eigenvalue weighted by atomic mass is 35.5. The first kappa shape index (κ1) is 14.3. The molecule has 0 heterocycles. The third kappa shape index (κ3) is 3.46. The van der Waals surface area contributed by atoms with Crippen LogP contribution in [0.3, 0.4) is 0 Å². The molecule has 0 saturated heterocycles. The quantitative estimate of drug-likeness (QED) is 0.677. The summed E-state index contributed by atoms with van der Waals surface area (Å²) in [4.78, 5) is 10.5. The van der Waals surface area contributed by atoms with Crippen LogP contribution >= 0.6 is 11.6 Å². The summed E-state index contributed by atoms with van der Waals surface area (Å²) in [5.74, 6) is 0.215. The first-order valence-corrected chi connectivity index (χ1v) is 6.32. The van der Waals surface area contributed by atoms with Gasteiger partial charge in [0.15, 0.2) is 5.75 Å². The Morgan fingerprint density at radius 3 is 2.65 bits per heavy atom. The van der Waals surface area contributed by atoms with Crippen LogP contribution in [0.1, 0.15) is 11.1 Å². The van der Waals surface area contributed by atoms with Crippen molar-refractivity contribution in [3.63, 3.8) is 0 Å². The van der Waals surface area contributed by atoms with Crippen LogP contribution in [-0.4, -0.2) is 4.92 Å². The second-order valence-corrected chi connectivity index (χ2v) is 4.62. The number of halogens is 1. The Balaban J connectivity index is 2.18. The standard InChI is InChI=1S/C14H13ClN2O3/c15-12-3-1-2-11(6-12)9-20-14-5-4-10(8-16)7-13(14)17(18)19/h1-7H,8-9,16H2. The lowest BCUT2D eigenvalue weighted by molar-refractivity contribution is -0.386. The topological polar surface area (TPSA) is 78.4 Å². The third-order valence-corrected chi connectivity index (χ3v) is 2.97. The van der Waals surface area contributed by atoms with Gasteiger partial charge in [-0.2, -0.15) is 0 Å². The van der Waals surface area contributed by atoms with Crippen LogP contribution < -0.4 is 10.5 Å². The molecule has 0 spiro atoms. The Morgan fingerprint density at radius 1 is 1.20 bits per heavy atom. The minimum absolute atomic E-state index is 0.0880. The highest BCUT2D eigenvalue weighted by Crippen LogP contribution is 2.28. The van der Waals surface area contributed by atoms with E-state index in [-0.39, 0.29) is 24.6 Å². The summed E-state index contributed by atoms with van der Waals surface area (Å²) in [5.41, 5.74) is 6.91. The van der Waals surface area contributed by atoms with Gasteiger partial charge in [0.1, 0.15) is 6.61 Å². The Bertz CT molecular complexity index is 632. The van der Waals surface area contributed by atoms with Crippen LogP contribution in [0.2, 0.25) is 5.02 Å². The molecule has 2 N–H and O–H groups in total. The van der Waals surface area contributed by atoms with Crippen molar-refractivity contribution in [1.29, 1.82) is 0 Å². The molecular weight excluding hydrogens is 280 g/mol. The zero-order valence-electron chi connectivity index (χ0n) is 10.6. The minimum Gasteiger partial charge on any atom is -0.482 e. The molecule has 0 bridgehead atoms. The molecule has 0 aliphatic rings. The van der Waals surface area contributed by atoms with Crippen LogP contribution in [0.15, 0.2) is 42.5 Å². The van der Waals surface area contributed by atoms with Gasteiger partial charge in [-0.15, -0.1) is 0 Å². The van der Waals surface area contributed by atoms with Crippen molar-refractivity contribution in [2.45, 2.75) is 13.2 Å². The van der Waals surface area contributed by atoms with Gasteiger partial charge < -0.3 is 10.5 Å². The number of hydrogen-bond acceptors (Lipinski definition) is 4. The molecule has 2 aromatic carbocycles. The first-order chi connectivity index (χ1) is 9.60. The maximum absolute atomic E-state index is 11.0. The zero-order valence-corrected chi connectivity index (χ0v) is 11.3. The molecular formula is C14H13ClN2O3. The molecule has 2 rings (SSSR count). The van der Waals surface area contributed by atoms with Gasteiger partial charge >= 0.3 is 5.69 Å². The van der Waals surface area contributed by atoms with Crippen LogP contribution in [0.4, 0.5) is 5.69 Å². The normalized spacial score (nSPS) is 10.3. The maximum Gasteiger partial charge on any atom is 0.311 e.